The van der Waals surface area contributed by atoms with E-state index in [1.54, 1.807) is 11.3 Å². The Hall–Kier alpha value is -0.640. The van der Waals surface area contributed by atoms with Crippen LogP contribution in [0.4, 0.5) is 0 Å². The molecule has 0 saturated carbocycles. The Kier molecular flexibility index (Phi) is 4.37. The van der Waals surface area contributed by atoms with Crippen molar-refractivity contribution in [3.05, 3.63) is 56.2 Å². The molecule has 0 aliphatic rings. The van der Waals surface area contributed by atoms with Gasteiger partial charge in [-0.15, -0.1) is 0 Å². The number of likely N-dealkylation sites (N-methyl/N-ethyl adjacent to an activating group) is 1. The number of rotatable bonds is 4. The summed E-state index contributed by atoms with van der Waals surface area (Å²) in [4.78, 5) is 0. The summed E-state index contributed by atoms with van der Waals surface area (Å²) in [7, 11) is 2.02. The van der Waals surface area contributed by atoms with Crippen LogP contribution >= 0.6 is 27.3 Å². The van der Waals surface area contributed by atoms with Crippen LogP contribution < -0.4 is 5.32 Å². The predicted molar refractivity (Wildman–Crippen MR) is 78.7 cm³/mol. The normalized spacial score (nSPS) is 12.6. The standard InChI is InChI=1S/C14H16BrNS/c1-10-4-3-5-12(14(10)15)13(16-2)8-11-6-7-17-9-11/h3-7,9,13,16H,8H2,1-2H3. The van der Waals surface area contributed by atoms with E-state index in [9.17, 15) is 0 Å². The third kappa shape index (κ3) is 2.97. The quantitative estimate of drug-likeness (QED) is 0.886. The van der Waals surface area contributed by atoms with E-state index in [0.29, 0.717) is 6.04 Å². The number of thiophene rings is 1. The van der Waals surface area contributed by atoms with Crippen molar-refractivity contribution in [2.75, 3.05) is 7.05 Å². The van der Waals surface area contributed by atoms with Crippen molar-refractivity contribution in [1.29, 1.82) is 0 Å². The summed E-state index contributed by atoms with van der Waals surface area (Å²) in [5.41, 5.74) is 4.01. The number of hydrogen-bond donors (Lipinski definition) is 1. The molecule has 2 aromatic rings. The first-order chi connectivity index (χ1) is 8.22. The van der Waals surface area contributed by atoms with Crippen LogP contribution in [-0.2, 0) is 6.42 Å². The molecule has 0 saturated heterocycles. The highest BCUT2D eigenvalue weighted by Crippen LogP contribution is 2.28. The first-order valence-corrected chi connectivity index (χ1v) is 7.39. The minimum atomic E-state index is 0.360. The van der Waals surface area contributed by atoms with E-state index in [4.69, 9.17) is 0 Å². The molecule has 3 heteroatoms. The van der Waals surface area contributed by atoms with E-state index in [2.05, 4.69) is 63.2 Å². The topological polar surface area (TPSA) is 12.0 Å². The molecule has 17 heavy (non-hydrogen) atoms. The molecule has 1 heterocycles. The van der Waals surface area contributed by atoms with E-state index in [1.165, 1.54) is 21.2 Å². The van der Waals surface area contributed by atoms with E-state index >= 15 is 0 Å². The second-order valence-electron chi connectivity index (χ2n) is 4.16. The Morgan fingerprint density at radius 3 is 2.82 bits per heavy atom. The summed E-state index contributed by atoms with van der Waals surface area (Å²) in [5.74, 6) is 0. The van der Waals surface area contributed by atoms with Crippen LogP contribution in [0, 0.1) is 6.92 Å². The van der Waals surface area contributed by atoms with Crippen LogP contribution in [0.1, 0.15) is 22.7 Å². The molecule has 0 spiro atoms. The minimum Gasteiger partial charge on any atom is -0.313 e. The molecule has 0 aliphatic carbocycles. The second-order valence-corrected chi connectivity index (χ2v) is 5.73. The molecule has 0 amide bonds. The van der Waals surface area contributed by atoms with Gasteiger partial charge in [0.25, 0.3) is 0 Å². The fourth-order valence-corrected chi connectivity index (χ4v) is 3.17. The number of benzene rings is 1. The second kappa shape index (κ2) is 5.80. The average Bonchev–Trinajstić information content (AvgIpc) is 2.83. The minimum absolute atomic E-state index is 0.360. The Morgan fingerprint density at radius 1 is 1.35 bits per heavy atom. The van der Waals surface area contributed by atoms with Gasteiger partial charge in [-0.2, -0.15) is 11.3 Å². The van der Waals surface area contributed by atoms with E-state index in [-0.39, 0.29) is 0 Å². The molecule has 0 radical (unpaired) electrons. The molecule has 2 rings (SSSR count). The Bertz CT molecular complexity index is 479. The molecule has 1 unspecified atom stereocenters. The summed E-state index contributed by atoms with van der Waals surface area (Å²) >= 11 is 5.44. The zero-order valence-corrected chi connectivity index (χ0v) is 12.4. The van der Waals surface area contributed by atoms with Gasteiger partial charge in [0, 0.05) is 10.5 Å². The maximum Gasteiger partial charge on any atom is 0.0370 e. The summed E-state index contributed by atoms with van der Waals surface area (Å²) in [5, 5.41) is 7.75. The smallest absolute Gasteiger partial charge is 0.0370 e. The first-order valence-electron chi connectivity index (χ1n) is 5.65. The van der Waals surface area contributed by atoms with Crippen molar-refractivity contribution >= 4 is 27.3 Å². The molecule has 0 aliphatic heterocycles. The van der Waals surface area contributed by atoms with Crippen molar-refractivity contribution in [3.8, 4) is 0 Å². The third-order valence-electron chi connectivity index (χ3n) is 2.97. The van der Waals surface area contributed by atoms with E-state index in [1.807, 2.05) is 7.05 Å². The maximum atomic E-state index is 3.69. The lowest BCUT2D eigenvalue weighted by Crippen LogP contribution is -2.19. The van der Waals surface area contributed by atoms with Gasteiger partial charge in [0.05, 0.1) is 0 Å². The molecule has 1 N–H and O–H groups in total. The van der Waals surface area contributed by atoms with Gasteiger partial charge >= 0.3 is 0 Å². The van der Waals surface area contributed by atoms with Gasteiger partial charge in [0.2, 0.25) is 0 Å². The van der Waals surface area contributed by atoms with Gasteiger partial charge in [-0.3, -0.25) is 0 Å². The highest BCUT2D eigenvalue weighted by molar-refractivity contribution is 9.10. The maximum absolute atomic E-state index is 3.69. The van der Waals surface area contributed by atoms with Crippen molar-refractivity contribution in [2.45, 2.75) is 19.4 Å². The molecule has 0 bridgehead atoms. The van der Waals surface area contributed by atoms with E-state index < -0.39 is 0 Å². The summed E-state index contributed by atoms with van der Waals surface area (Å²) in [6, 6.07) is 8.99. The van der Waals surface area contributed by atoms with Gasteiger partial charge < -0.3 is 5.32 Å². The zero-order chi connectivity index (χ0) is 12.3. The lowest BCUT2D eigenvalue weighted by molar-refractivity contribution is 0.590. The molecule has 1 atom stereocenters. The van der Waals surface area contributed by atoms with Crippen LogP contribution in [0.2, 0.25) is 0 Å². The van der Waals surface area contributed by atoms with Crippen LogP contribution in [0.3, 0.4) is 0 Å². The predicted octanol–water partition coefficient (Wildman–Crippen LogP) is 4.32. The van der Waals surface area contributed by atoms with Gasteiger partial charge in [0.1, 0.15) is 0 Å². The fraction of sp³-hybridized carbons (Fsp3) is 0.286. The third-order valence-corrected chi connectivity index (χ3v) is 4.78. The Labute approximate surface area is 115 Å². The number of hydrogen-bond acceptors (Lipinski definition) is 2. The van der Waals surface area contributed by atoms with Crippen LogP contribution in [0.5, 0.6) is 0 Å². The number of halogens is 1. The van der Waals surface area contributed by atoms with Gasteiger partial charge in [-0.05, 0) is 53.9 Å². The highest BCUT2D eigenvalue weighted by atomic mass is 79.9. The zero-order valence-electron chi connectivity index (χ0n) is 10.0. The van der Waals surface area contributed by atoms with Crippen LogP contribution in [0.25, 0.3) is 0 Å². The van der Waals surface area contributed by atoms with Crippen molar-refractivity contribution < 1.29 is 0 Å². The molecular formula is C14H16BrNS. The lowest BCUT2D eigenvalue weighted by Gasteiger charge is -2.18. The molecule has 1 aromatic heterocycles. The summed E-state index contributed by atoms with van der Waals surface area (Å²) in [6.45, 7) is 2.13. The molecular weight excluding hydrogens is 294 g/mol. The van der Waals surface area contributed by atoms with Gasteiger partial charge in [-0.1, -0.05) is 34.1 Å². The van der Waals surface area contributed by atoms with Gasteiger partial charge in [0.15, 0.2) is 0 Å². The van der Waals surface area contributed by atoms with Crippen LogP contribution in [-0.4, -0.2) is 7.05 Å². The lowest BCUT2D eigenvalue weighted by atomic mass is 9.99. The molecule has 0 fully saturated rings. The van der Waals surface area contributed by atoms with Gasteiger partial charge in [-0.25, -0.2) is 0 Å². The Balaban J connectivity index is 2.26. The monoisotopic (exact) mass is 309 g/mol. The molecule has 1 nitrogen and oxygen atoms in total. The summed E-state index contributed by atoms with van der Waals surface area (Å²) in [6.07, 6.45) is 1.03. The fourth-order valence-electron chi connectivity index (χ4n) is 1.95. The molecule has 90 valence electrons. The average molecular weight is 310 g/mol. The first kappa shape index (κ1) is 12.8. The summed E-state index contributed by atoms with van der Waals surface area (Å²) < 4.78 is 1.22. The Morgan fingerprint density at radius 2 is 2.18 bits per heavy atom. The van der Waals surface area contributed by atoms with E-state index in [0.717, 1.165) is 6.42 Å². The number of nitrogens with one attached hydrogen (secondary N) is 1. The highest BCUT2D eigenvalue weighted by Gasteiger charge is 2.14. The SMILES string of the molecule is CNC(Cc1ccsc1)c1cccc(C)c1Br. The largest absolute Gasteiger partial charge is 0.313 e. The van der Waals surface area contributed by atoms with Crippen molar-refractivity contribution in [3.63, 3.8) is 0 Å². The van der Waals surface area contributed by atoms with Crippen molar-refractivity contribution in [2.24, 2.45) is 0 Å². The van der Waals surface area contributed by atoms with Crippen molar-refractivity contribution in [1.82, 2.24) is 5.32 Å². The molecule has 1 aromatic carbocycles. The van der Waals surface area contributed by atoms with Crippen LogP contribution in [0.15, 0.2) is 39.5 Å². The number of aryl methyl sites for hydroxylation is 1.